The maximum Gasteiger partial charge on any atom is 0.335 e. The van der Waals surface area contributed by atoms with Crippen LogP contribution in [0.15, 0.2) is 53.5 Å². The third-order valence-corrected chi connectivity index (χ3v) is 5.34. The predicted octanol–water partition coefficient (Wildman–Crippen LogP) is 4.52. The van der Waals surface area contributed by atoms with Crippen molar-refractivity contribution in [3.05, 3.63) is 59.7 Å². The van der Waals surface area contributed by atoms with Crippen LogP contribution in [0, 0.1) is 0 Å². The van der Waals surface area contributed by atoms with Crippen LogP contribution < -0.4 is 10.6 Å². The van der Waals surface area contributed by atoms with Gasteiger partial charge in [-0.25, -0.2) is 4.79 Å². The summed E-state index contributed by atoms with van der Waals surface area (Å²) in [6.45, 7) is 0.536. The maximum atomic E-state index is 11.0. The highest BCUT2D eigenvalue weighted by Gasteiger charge is 2.40. The number of nitrogens with one attached hydrogen (secondary N) is 2. The van der Waals surface area contributed by atoms with Crippen molar-refractivity contribution < 1.29 is 9.90 Å². The molecule has 1 spiro atoms. The lowest BCUT2D eigenvalue weighted by Gasteiger charge is -2.44. The van der Waals surface area contributed by atoms with Crippen LogP contribution in [0.2, 0.25) is 0 Å². The van der Waals surface area contributed by atoms with Gasteiger partial charge in [-0.15, -0.1) is 0 Å². The van der Waals surface area contributed by atoms with Crippen LogP contribution in [0.3, 0.4) is 0 Å². The number of fused-ring (bicyclic) bond motifs is 1. The molecule has 0 atom stereocenters. The maximum absolute atomic E-state index is 11.0. The van der Waals surface area contributed by atoms with Gasteiger partial charge in [-0.3, -0.25) is 4.99 Å². The fraction of sp³-hybridized carbons (Fsp3) is 0.333. The Labute approximate surface area is 153 Å². The number of rotatable bonds is 3. The van der Waals surface area contributed by atoms with Gasteiger partial charge in [-0.2, -0.15) is 0 Å². The Balaban J connectivity index is 1.61. The van der Waals surface area contributed by atoms with Gasteiger partial charge in [0.25, 0.3) is 0 Å². The van der Waals surface area contributed by atoms with Crippen molar-refractivity contribution in [1.82, 2.24) is 0 Å². The summed E-state index contributed by atoms with van der Waals surface area (Å²) in [6, 6.07) is 15.2. The standard InChI is InChI=1S/C21H23N3O2/c25-19(26)16-10-8-15(9-11-16)14-22-20-21(12-4-1-5-13-21)24-18-7-3-2-6-17(18)23-20/h2-3,6-11,24H,1,4-5,12-14H2,(H,22,23)(H,25,26). The van der Waals surface area contributed by atoms with Crippen molar-refractivity contribution in [2.45, 2.75) is 44.2 Å². The Morgan fingerprint density at radius 1 is 1.00 bits per heavy atom. The Kier molecular flexibility index (Phi) is 4.37. The van der Waals surface area contributed by atoms with Crippen molar-refractivity contribution in [3.8, 4) is 0 Å². The highest BCUT2D eigenvalue weighted by molar-refractivity contribution is 6.09. The van der Waals surface area contributed by atoms with Crippen LogP contribution in [0.5, 0.6) is 0 Å². The van der Waals surface area contributed by atoms with E-state index in [1.165, 1.54) is 19.3 Å². The van der Waals surface area contributed by atoms with Crippen LogP contribution in [-0.4, -0.2) is 22.5 Å². The highest BCUT2D eigenvalue weighted by Crippen LogP contribution is 2.39. The second-order valence-electron chi connectivity index (χ2n) is 7.11. The summed E-state index contributed by atoms with van der Waals surface area (Å²) in [7, 11) is 0. The molecule has 1 heterocycles. The van der Waals surface area contributed by atoms with Crippen molar-refractivity contribution >= 4 is 23.2 Å². The first-order valence-corrected chi connectivity index (χ1v) is 9.18. The predicted molar refractivity (Wildman–Crippen MR) is 104 cm³/mol. The number of aromatic carboxylic acids is 1. The molecule has 2 aliphatic rings. The number of hydrogen-bond acceptors (Lipinski definition) is 3. The number of carboxylic acid groups (broad SMARTS) is 1. The Hall–Kier alpha value is -2.82. The largest absolute Gasteiger partial charge is 0.478 e. The van der Waals surface area contributed by atoms with E-state index in [-0.39, 0.29) is 5.54 Å². The van der Waals surface area contributed by atoms with Gasteiger partial charge in [0.1, 0.15) is 5.84 Å². The third kappa shape index (κ3) is 3.17. The molecule has 0 amide bonds. The van der Waals surface area contributed by atoms with Crippen LogP contribution >= 0.6 is 0 Å². The minimum Gasteiger partial charge on any atom is -0.478 e. The SMILES string of the molecule is O=C(O)c1ccc(CN=C2Nc3ccccc3NC23CCCCC3)cc1. The van der Waals surface area contributed by atoms with Crippen molar-refractivity contribution in [3.63, 3.8) is 0 Å². The number of para-hydroxylation sites is 2. The molecule has 4 rings (SSSR count). The number of nitrogens with zero attached hydrogens (tertiary/aromatic N) is 1. The summed E-state index contributed by atoms with van der Waals surface area (Å²) < 4.78 is 0. The molecule has 1 aliphatic heterocycles. The summed E-state index contributed by atoms with van der Waals surface area (Å²) in [5.74, 6) is 0.0944. The molecule has 0 saturated heterocycles. The van der Waals surface area contributed by atoms with E-state index >= 15 is 0 Å². The number of aliphatic imine (C=N–C) groups is 1. The molecule has 2 aromatic carbocycles. The minimum atomic E-state index is -0.904. The molecule has 5 nitrogen and oxygen atoms in total. The summed E-state index contributed by atoms with van der Waals surface area (Å²) in [6.07, 6.45) is 5.82. The molecule has 1 saturated carbocycles. The number of carboxylic acids is 1. The van der Waals surface area contributed by atoms with E-state index in [1.54, 1.807) is 12.1 Å². The van der Waals surface area contributed by atoms with Crippen molar-refractivity contribution in [2.24, 2.45) is 4.99 Å². The van der Waals surface area contributed by atoms with E-state index in [9.17, 15) is 4.79 Å². The van der Waals surface area contributed by atoms with Gasteiger partial charge < -0.3 is 15.7 Å². The molecular weight excluding hydrogens is 326 g/mol. The molecule has 1 aliphatic carbocycles. The summed E-state index contributed by atoms with van der Waals surface area (Å²) in [4.78, 5) is 15.9. The van der Waals surface area contributed by atoms with Gasteiger partial charge in [0.15, 0.2) is 0 Å². The topological polar surface area (TPSA) is 73.7 Å². The van der Waals surface area contributed by atoms with Gasteiger partial charge in [0.2, 0.25) is 0 Å². The summed E-state index contributed by atoms with van der Waals surface area (Å²) in [5.41, 5.74) is 3.39. The highest BCUT2D eigenvalue weighted by atomic mass is 16.4. The fourth-order valence-corrected chi connectivity index (χ4v) is 3.90. The molecular formula is C21H23N3O2. The first kappa shape index (κ1) is 16.6. The zero-order valence-corrected chi connectivity index (χ0v) is 14.7. The molecule has 3 N–H and O–H groups in total. The molecule has 26 heavy (non-hydrogen) atoms. The summed E-state index contributed by atoms with van der Waals surface area (Å²) >= 11 is 0. The normalized spacial score (nSPS) is 19.5. The average Bonchev–Trinajstić information content (AvgIpc) is 2.67. The molecule has 134 valence electrons. The van der Waals surface area contributed by atoms with Crippen LogP contribution in [0.25, 0.3) is 0 Å². The first-order valence-electron chi connectivity index (χ1n) is 9.18. The van der Waals surface area contributed by atoms with E-state index in [2.05, 4.69) is 28.8 Å². The molecule has 1 fully saturated rings. The van der Waals surface area contributed by atoms with Crippen molar-refractivity contribution in [2.75, 3.05) is 10.6 Å². The lowest BCUT2D eigenvalue weighted by molar-refractivity contribution is 0.0697. The molecule has 0 radical (unpaired) electrons. The Bertz CT molecular complexity index is 837. The van der Waals surface area contributed by atoms with Gasteiger partial charge in [0.05, 0.1) is 29.0 Å². The van der Waals surface area contributed by atoms with Crippen LogP contribution in [0.4, 0.5) is 11.4 Å². The quantitative estimate of drug-likeness (QED) is 0.761. The molecule has 5 heteroatoms. The van der Waals surface area contributed by atoms with Gasteiger partial charge in [-0.05, 0) is 42.7 Å². The Morgan fingerprint density at radius 3 is 2.38 bits per heavy atom. The van der Waals surface area contributed by atoms with Gasteiger partial charge >= 0.3 is 5.97 Å². The third-order valence-electron chi connectivity index (χ3n) is 5.34. The second kappa shape index (κ2) is 6.83. The average molecular weight is 349 g/mol. The van der Waals surface area contributed by atoms with Gasteiger partial charge in [-0.1, -0.05) is 43.5 Å². The number of hydrogen-bond donors (Lipinski definition) is 3. The second-order valence-corrected chi connectivity index (χ2v) is 7.11. The number of anilines is 2. The van der Waals surface area contributed by atoms with E-state index in [1.807, 2.05) is 18.2 Å². The zero-order valence-electron chi connectivity index (χ0n) is 14.7. The van der Waals surface area contributed by atoms with E-state index in [0.717, 1.165) is 35.6 Å². The molecule has 0 bridgehead atoms. The number of amidine groups is 1. The fourth-order valence-electron chi connectivity index (χ4n) is 3.90. The first-order chi connectivity index (χ1) is 12.7. The van der Waals surface area contributed by atoms with Crippen molar-refractivity contribution in [1.29, 1.82) is 0 Å². The lowest BCUT2D eigenvalue weighted by Crippen LogP contribution is -2.53. The number of carbonyl (C=O) groups is 1. The van der Waals surface area contributed by atoms with Gasteiger partial charge in [0, 0.05) is 0 Å². The van der Waals surface area contributed by atoms with E-state index in [4.69, 9.17) is 10.1 Å². The minimum absolute atomic E-state index is 0.117. The lowest BCUT2D eigenvalue weighted by atomic mass is 9.79. The number of benzene rings is 2. The summed E-state index contributed by atoms with van der Waals surface area (Å²) in [5, 5.41) is 16.3. The molecule has 2 aromatic rings. The molecule has 0 unspecified atom stereocenters. The smallest absolute Gasteiger partial charge is 0.335 e. The molecule has 0 aromatic heterocycles. The zero-order chi connectivity index (χ0) is 18.0. The van der Waals surface area contributed by atoms with E-state index in [0.29, 0.717) is 12.1 Å². The monoisotopic (exact) mass is 349 g/mol. The van der Waals surface area contributed by atoms with Crippen LogP contribution in [0.1, 0.15) is 48.0 Å². The Morgan fingerprint density at radius 2 is 1.69 bits per heavy atom. The van der Waals surface area contributed by atoms with E-state index < -0.39 is 5.97 Å². The van der Waals surface area contributed by atoms with Crippen LogP contribution in [-0.2, 0) is 6.54 Å².